The summed E-state index contributed by atoms with van der Waals surface area (Å²) < 4.78 is 67.9. The number of ether oxygens (including phenoxy) is 2. The number of rotatable bonds is 8. The van der Waals surface area contributed by atoms with Crippen LogP contribution in [0.1, 0.15) is 61.8 Å². The Hall–Kier alpha value is -2.14. The van der Waals surface area contributed by atoms with Gasteiger partial charge in [0.1, 0.15) is 21.3 Å². The lowest BCUT2D eigenvalue weighted by Gasteiger charge is -2.34. The molecule has 0 radical (unpaired) electrons. The van der Waals surface area contributed by atoms with Crippen molar-refractivity contribution in [1.29, 1.82) is 0 Å². The van der Waals surface area contributed by atoms with Crippen molar-refractivity contribution in [1.82, 2.24) is 8.61 Å². The van der Waals surface area contributed by atoms with Gasteiger partial charge in [0, 0.05) is 26.2 Å². The van der Waals surface area contributed by atoms with Crippen LogP contribution in [-0.4, -0.2) is 65.8 Å². The highest BCUT2D eigenvalue weighted by Crippen LogP contribution is 2.35. The maximum Gasteiger partial charge on any atom is 0.246 e. The lowest BCUT2D eigenvalue weighted by Crippen LogP contribution is -2.50. The summed E-state index contributed by atoms with van der Waals surface area (Å²) in [6.45, 7) is 12.1. The third-order valence-corrected chi connectivity index (χ3v) is 10.6. The van der Waals surface area contributed by atoms with Gasteiger partial charge in [0.25, 0.3) is 0 Å². The molecule has 1 fully saturated rings. The Balaban J connectivity index is 1.91. The van der Waals surface area contributed by atoms with Crippen LogP contribution in [0.25, 0.3) is 0 Å². The van der Waals surface area contributed by atoms with E-state index in [4.69, 9.17) is 9.47 Å². The van der Waals surface area contributed by atoms with Crippen molar-refractivity contribution in [3.8, 4) is 11.5 Å². The molecule has 36 heavy (non-hydrogen) atoms. The molecule has 1 aliphatic rings. The number of nitrogens with zero attached hydrogens (tertiary/aromatic N) is 2. The first-order valence-corrected chi connectivity index (χ1v) is 15.0. The van der Waals surface area contributed by atoms with Crippen molar-refractivity contribution < 1.29 is 26.3 Å². The minimum absolute atomic E-state index is 0.0425. The fourth-order valence-corrected chi connectivity index (χ4v) is 7.94. The Morgan fingerprint density at radius 1 is 0.639 bits per heavy atom. The lowest BCUT2D eigenvalue weighted by molar-refractivity contribution is 0.271. The first-order valence-electron chi connectivity index (χ1n) is 12.1. The minimum atomic E-state index is -3.89. The van der Waals surface area contributed by atoms with Crippen LogP contribution in [-0.2, 0) is 20.0 Å². The normalized spacial score (nSPS) is 16.1. The fraction of sp³-hybridized carbons (Fsp3) is 0.538. The SMILES string of the molecule is COc1cc(C)c(C(C)C)cc1S(=O)(=O)N1CCN(S(=O)(=O)c2cc(C(C)C)c(C)cc2OC)CC1. The molecular formula is C26H38N2O6S2. The van der Waals surface area contributed by atoms with Crippen molar-refractivity contribution in [2.24, 2.45) is 0 Å². The first-order chi connectivity index (χ1) is 16.7. The molecule has 0 atom stereocenters. The Morgan fingerprint density at radius 2 is 0.944 bits per heavy atom. The molecule has 0 aromatic heterocycles. The second-order valence-electron chi connectivity index (χ2n) is 9.84. The van der Waals surface area contributed by atoms with Crippen molar-refractivity contribution in [2.45, 2.75) is 63.2 Å². The van der Waals surface area contributed by atoms with E-state index in [0.717, 1.165) is 22.3 Å². The van der Waals surface area contributed by atoms with Gasteiger partial charge in [-0.2, -0.15) is 8.61 Å². The van der Waals surface area contributed by atoms with Gasteiger partial charge < -0.3 is 9.47 Å². The molecule has 0 amide bonds. The highest BCUT2D eigenvalue weighted by Gasteiger charge is 2.37. The maximum atomic E-state index is 13.6. The molecule has 0 N–H and O–H groups in total. The van der Waals surface area contributed by atoms with Crippen LogP contribution in [0.2, 0.25) is 0 Å². The van der Waals surface area contributed by atoms with E-state index in [9.17, 15) is 16.8 Å². The molecule has 3 rings (SSSR count). The van der Waals surface area contributed by atoms with Gasteiger partial charge >= 0.3 is 0 Å². The van der Waals surface area contributed by atoms with Crippen LogP contribution in [0, 0.1) is 13.8 Å². The topological polar surface area (TPSA) is 93.2 Å². The van der Waals surface area contributed by atoms with E-state index in [1.807, 2.05) is 41.5 Å². The number of methoxy groups -OCH3 is 2. The molecule has 10 heteroatoms. The maximum absolute atomic E-state index is 13.6. The summed E-state index contributed by atoms with van der Waals surface area (Å²) in [7, 11) is -4.87. The standard InChI is InChI=1S/C26H38N2O6S2/c1-17(2)21-15-25(23(33-7)13-19(21)5)35(29,30)27-9-11-28(12-10-27)36(31,32)26-16-22(18(3)4)20(6)14-24(26)34-8/h13-18H,9-12H2,1-8H3. The number of sulfonamides is 2. The zero-order chi connectivity index (χ0) is 27.0. The molecule has 0 bridgehead atoms. The molecule has 1 saturated heterocycles. The predicted octanol–water partition coefficient (Wildman–Crippen LogP) is 4.26. The van der Waals surface area contributed by atoms with Crippen molar-refractivity contribution in [2.75, 3.05) is 40.4 Å². The molecule has 2 aromatic rings. The van der Waals surface area contributed by atoms with Crippen LogP contribution in [0.4, 0.5) is 0 Å². The number of hydrogen-bond acceptors (Lipinski definition) is 6. The first kappa shape index (κ1) is 28.4. The molecule has 0 spiro atoms. The van der Waals surface area contributed by atoms with Gasteiger partial charge in [-0.25, -0.2) is 16.8 Å². The van der Waals surface area contributed by atoms with Gasteiger partial charge in [-0.05, 0) is 72.2 Å². The molecule has 0 unspecified atom stereocenters. The monoisotopic (exact) mass is 538 g/mol. The molecule has 0 saturated carbocycles. The fourth-order valence-electron chi connectivity index (χ4n) is 4.75. The summed E-state index contributed by atoms with van der Waals surface area (Å²) in [5.41, 5.74) is 3.79. The lowest BCUT2D eigenvalue weighted by atomic mass is 9.98. The highest BCUT2D eigenvalue weighted by molar-refractivity contribution is 7.89. The van der Waals surface area contributed by atoms with Crippen molar-refractivity contribution in [3.05, 3.63) is 46.5 Å². The van der Waals surface area contributed by atoms with E-state index in [2.05, 4.69) is 0 Å². The molecule has 8 nitrogen and oxygen atoms in total. The third kappa shape index (κ3) is 5.27. The van der Waals surface area contributed by atoms with Gasteiger partial charge in [-0.15, -0.1) is 0 Å². The second kappa shape index (κ2) is 10.7. The number of aryl methyl sites for hydroxylation is 2. The minimum Gasteiger partial charge on any atom is -0.495 e. The van der Waals surface area contributed by atoms with E-state index >= 15 is 0 Å². The molecular weight excluding hydrogens is 500 g/mol. The van der Waals surface area contributed by atoms with Gasteiger partial charge in [-0.1, -0.05) is 27.7 Å². The highest BCUT2D eigenvalue weighted by atomic mass is 32.2. The zero-order valence-electron chi connectivity index (χ0n) is 22.5. The van der Waals surface area contributed by atoms with E-state index in [-0.39, 0.29) is 59.3 Å². The second-order valence-corrected chi connectivity index (χ2v) is 13.6. The van der Waals surface area contributed by atoms with E-state index < -0.39 is 20.0 Å². The molecule has 1 heterocycles. The Bertz CT molecular complexity index is 1220. The molecule has 1 aliphatic heterocycles. The largest absolute Gasteiger partial charge is 0.495 e. The predicted molar refractivity (Wildman–Crippen MR) is 141 cm³/mol. The van der Waals surface area contributed by atoms with Gasteiger partial charge in [-0.3, -0.25) is 0 Å². The summed E-state index contributed by atoms with van der Waals surface area (Å²) in [6.07, 6.45) is 0. The van der Waals surface area contributed by atoms with E-state index in [1.165, 1.54) is 22.8 Å². The third-order valence-electron chi connectivity index (χ3n) is 6.78. The number of piperazine rings is 1. The zero-order valence-corrected chi connectivity index (χ0v) is 24.1. The van der Waals surface area contributed by atoms with Crippen LogP contribution < -0.4 is 9.47 Å². The van der Waals surface area contributed by atoms with Gasteiger partial charge in [0.15, 0.2) is 0 Å². The average Bonchev–Trinajstić information content (AvgIpc) is 2.82. The van der Waals surface area contributed by atoms with Gasteiger partial charge in [0.05, 0.1) is 14.2 Å². The number of benzene rings is 2. The quantitative estimate of drug-likeness (QED) is 0.499. The summed E-state index contributed by atoms with van der Waals surface area (Å²) >= 11 is 0. The summed E-state index contributed by atoms with van der Waals surface area (Å²) in [5.74, 6) is 0.870. The summed E-state index contributed by atoms with van der Waals surface area (Å²) in [6, 6.07) is 6.86. The molecule has 200 valence electrons. The average molecular weight is 539 g/mol. The Morgan fingerprint density at radius 3 is 1.19 bits per heavy atom. The number of hydrogen-bond donors (Lipinski definition) is 0. The Labute approximate surface area is 216 Å². The smallest absolute Gasteiger partial charge is 0.246 e. The van der Waals surface area contributed by atoms with E-state index in [0.29, 0.717) is 0 Å². The van der Waals surface area contributed by atoms with E-state index in [1.54, 1.807) is 24.3 Å². The van der Waals surface area contributed by atoms with Crippen LogP contribution in [0.15, 0.2) is 34.1 Å². The van der Waals surface area contributed by atoms with Crippen LogP contribution in [0.3, 0.4) is 0 Å². The van der Waals surface area contributed by atoms with Gasteiger partial charge in [0.2, 0.25) is 20.0 Å². The Kier molecular flexibility index (Phi) is 8.44. The van der Waals surface area contributed by atoms with Crippen molar-refractivity contribution in [3.63, 3.8) is 0 Å². The van der Waals surface area contributed by atoms with Crippen LogP contribution >= 0.6 is 0 Å². The molecule has 0 aliphatic carbocycles. The summed E-state index contributed by atoms with van der Waals surface area (Å²) in [5, 5.41) is 0. The molecule has 2 aromatic carbocycles. The van der Waals surface area contributed by atoms with Crippen molar-refractivity contribution >= 4 is 20.0 Å². The van der Waals surface area contributed by atoms with Crippen LogP contribution in [0.5, 0.6) is 11.5 Å². The summed E-state index contributed by atoms with van der Waals surface area (Å²) in [4.78, 5) is 0.217.